The molecular weight excluding hydrogens is 562 g/mol. The summed E-state index contributed by atoms with van der Waals surface area (Å²) in [6.07, 6.45) is 0. The molecule has 0 spiro atoms. The highest BCUT2D eigenvalue weighted by Gasteiger charge is 2.27. The predicted octanol–water partition coefficient (Wildman–Crippen LogP) is 3.88. The fourth-order valence-electron chi connectivity index (χ4n) is 5.32. The second kappa shape index (κ2) is 12.9. The van der Waals surface area contributed by atoms with Gasteiger partial charge in [-0.2, -0.15) is 0 Å². The van der Waals surface area contributed by atoms with Crippen molar-refractivity contribution in [1.29, 1.82) is 0 Å². The van der Waals surface area contributed by atoms with Gasteiger partial charge in [-0.25, -0.2) is 0 Å². The van der Waals surface area contributed by atoms with Crippen molar-refractivity contribution in [3.63, 3.8) is 0 Å². The molecule has 3 aromatic carbocycles. The minimum Gasteiger partial charge on any atom is -0.497 e. The van der Waals surface area contributed by atoms with Crippen molar-refractivity contribution in [2.75, 3.05) is 58.6 Å². The summed E-state index contributed by atoms with van der Waals surface area (Å²) in [6, 6.07) is 24.0. The number of amides is 2. The number of ether oxygens (including phenoxy) is 4. The topological polar surface area (TPSA) is 107 Å². The number of methoxy groups -OCH3 is 2. The van der Waals surface area contributed by atoms with Crippen molar-refractivity contribution in [3.8, 4) is 34.3 Å². The fourth-order valence-corrected chi connectivity index (χ4v) is 5.32. The van der Waals surface area contributed by atoms with E-state index in [0.29, 0.717) is 60.4 Å². The van der Waals surface area contributed by atoms with Crippen LogP contribution in [0, 0.1) is 0 Å². The third kappa shape index (κ3) is 6.22. The number of anilines is 1. The Balaban J connectivity index is 1.10. The summed E-state index contributed by atoms with van der Waals surface area (Å²) >= 11 is 0. The monoisotopic (exact) mass is 595 g/mol. The van der Waals surface area contributed by atoms with Crippen LogP contribution in [0.2, 0.25) is 0 Å². The molecule has 0 atom stereocenters. The Morgan fingerprint density at radius 3 is 2.36 bits per heavy atom. The number of carbonyl (C=O) groups excluding carboxylic acids is 2. The van der Waals surface area contributed by atoms with Crippen molar-refractivity contribution >= 4 is 17.6 Å². The van der Waals surface area contributed by atoms with Crippen molar-refractivity contribution in [1.82, 2.24) is 20.0 Å². The fraction of sp³-hybridized carbons (Fsp3) is 0.273. The van der Waals surface area contributed by atoms with Gasteiger partial charge in [0.05, 0.1) is 19.9 Å². The van der Waals surface area contributed by atoms with Gasteiger partial charge in [0.2, 0.25) is 12.7 Å². The van der Waals surface area contributed by atoms with Crippen LogP contribution >= 0.6 is 0 Å². The molecule has 2 aliphatic rings. The van der Waals surface area contributed by atoms with Crippen LogP contribution in [0.5, 0.6) is 23.0 Å². The van der Waals surface area contributed by atoms with E-state index in [4.69, 9.17) is 18.9 Å². The van der Waals surface area contributed by atoms with Gasteiger partial charge in [-0.3, -0.25) is 9.59 Å². The van der Waals surface area contributed by atoms with E-state index >= 15 is 0 Å². The third-order valence-corrected chi connectivity index (χ3v) is 7.74. The smallest absolute Gasteiger partial charge is 0.254 e. The Morgan fingerprint density at radius 1 is 0.841 bits per heavy atom. The van der Waals surface area contributed by atoms with Crippen LogP contribution in [0.15, 0.2) is 78.9 Å². The number of fused-ring (bicyclic) bond motifs is 1. The Kier molecular flexibility index (Phi) is 8.44. The molecular formula is C33H33N5O6. The minimum atomic E-state index is -0.209. The molecule has 1 fully saturated rings. The Bertz CT molecular complexity index is 1620. The van der Waals surface area contributed by atoms with E-state index in [-0.39, 0.29) is 31.7 Å². The quantitative estimate of drug-likeness (QED) is 0.285. The van der Waals surface area contributed by atoms with Gasteiger partial charge in [-0.15, -0.1) is 10.2 Å². The van der Waals surface area contributed by atoms with Crippen LogP contribution in [0.3, 0.4) is 0 Å². The lowest BCUT2D eigenvalue weighted by molar-refractivity contribution is -0.132. The molecule has 11 heteroatoms. The third-order valence-electron chi connectivity index (χ3n) is 7.74. The highest BCUT2D eigenvalue weighted by Crippen LogP contribution is 2.34. The molecule has 2 aliphatic heterocycles. The number of rotatable bonds is 9. The molecule has 226 valence electrons. The lowest BCUT2D eigenvalue weighted by Gasteiger charge is -2.36. The molecule has 44 heavy (non-hydrogen) atoms. The average Bonchev–Trinajstić information content (AvgIpc) is 3.56. The molecule has 0 radical (unpaired) electrons. The van der Waals surface area contributed by atoms with E-state index in [1.165, 1.54) is 0 Å². The molecule has 0 saturated carbocycles. The summed E-state index contributed by atoms with van der Waals surface area (Å²) in [4.78, 5) is 32.5. The average molecular weight is 596 g/mol. The SMILES string of the molecule is COc1ccc(-c2ccc(N3CCN(C(=O)CN(Cc4ccc5c(c4)OCO5)C(=O)c4ccccc4)CC3)nn2)c(OC)c1. The zero-order valence-corrected chi connectivity index (χ0v) is 24.6. The molecule has 1 aromatic heterocycles. The maximum absolute atomic E-state index is 13.5. The normalized spacial score (nSPS) is 13.9. The van der Waals surface area contributed by atoms with E-state index in [0.717, 1.165) is 16.9 Å². The second-order valence-corrected chi connectivity index (χ2v) is 10.4. The summed E-state index contributed by atoms with van der Waals surface area (Å²) in [5.74, 6) is 3.07. The van der Waals surface area contributed by atoms with E-state index in [2.05, 4.69) is 15.1 Å². The van der Waals surface area contributed by atoms with E-state index < -0.39 is 0 Å². The first-order chi connectivity index (χ1) is 21.5. The maximum atomic E-state index is 13.5. The lowest BCUT2D eigenvalue weighted by atomic mass is 10.1. The molecule has 0 N–H and O–H groups in total. The first-order valence-corrected chi connectivity index (χ1v) is 14.3. The summed E-state index contributed by atoms with van der Waals surface area (Å²) in [5.41, 5.74) is 2.89. The Hall–Kier alpha value is -5.32. The van der Waals surface area contributed by atoms with Gasteiger partial charge in [-0.1, -0.05) is 24.3 Å². The maximum Gasteiger partial charge on any atom is 0.254 e. The van der Waals surface area contributed by atoms with Crippen molar-refractivity contribution in [3.05, 3.63) is 90.0 Å². The van der Waals surface area contributed by atoms with E-state index in [1.807, 2.05) is 66.7 Å². The van der Waals surface area contributed by atoms with Gasteiger partial charge in [-0.05, 0) is 54.1 Å². The zero-order chi connectivity index (χ0) is 30.5. The van der Waals surface area contributed by atoms with Crippen LogP contribution in [0.1, 0.15) is 15.9 Å². The van der Waals surface area contributed by atoms with Gasteiger partial charge < -0.3 is 33.6 Å². The van der Waals surface area contributed by atoms with Crippen molar-refractivity contribution < 1.29 is 28.5 Å². The first-order valence-electron chi connectivity index (χ1n) is 14.3. The molecule has 2 amide bonds. The number of hydrogen-bond donors (Lipinski definition) is 0. The molecule has 11 nitrogen and oxygen atoms in total. The van der Waals surface area contributed by atoms with E-state index in [9.17, 15) is 9.59 Å². The lowest BCUT2D eigenvalue weighted by Crippen LogP contribution is -2.52. The summed E-state index contributed by atoms with van der Waals surface area (Å²) < 4.78 is 21.7. The van der Waals surface area contributed by atoms with Crippen LogP contribution in [-0.4, -0.2) is 85.5 Å². The van der Waals surface area contributed by atoms with Gasteiger partial charge in [0.15, 0.2) is 17.3 Å². The number of benzene rings is 3. The first kappa shape index (κ1) is 28.8. The Morgan fingerprint density at radius 2 is 1.64 bits per heavy atom. The van der Waals surface area contributed by atoms with Gasteiger partial charge in [0.1, 0.15) is 18.0 Å². The molecule has 4 aromatic rings. The number of aromatic nitrogens is 2. The summed E-state index contributed by atoms with van der Waals surface area (Å²) in [6.45, 7) is 2.60. The van der Waals surface area contributed by atoms with Crippen LogP contribution in [0.4, 0.5) is 5.82 Å². The number of piperazine rings is 1. The van der Waals surface area contributed by atoms with Crippen LogP contribution in [0.25, 0.3) is 11.3 Å². The van der Waals surface area contributed by atoms with Gasteiger partial charge >= 0.3 is 0 Å². The zero-order valence-electron chi connectivity index (χ0n) is 24.6. The minimum absolute atomic E-state index is 0.0413. The number of carbonyl (C=O) groups is 2. The molecule has 6 rings (SSSR count). The molecule has 0 bridgehead atoms. The number of nitrogens with zero attached hydrogens (tertiary/aromatic N) is 5. The molecule has 3 heterocycles. The largest absolute Gasteiger partial charge is 0.497 e. The second-order valence-electron chi connectivity index (χ2n) is 10.4. The highest BCUT2D eigenvalue weighted by atomic mass is 16.7. The standard InChI is InChI=1S/C33H33N5O6/c1-41-25-9-10-26(29(19-25)42-2)27-11-13-31(35-34-27)36-14-16-37(17-15-36)32(39)21-38(33(40)24-6-4-3-5-7-24)20-23-8-12-28-30(18-23)44-22-43-28/h3-13,18-19H,14-17,20-22H2,1-2H3. The van der Waals surface area contributed by atoms with Crippen molar-refractivity contribution in [2.24, 2.45) is 0 Å². The highest BCUT2D eigenvalue weighted by molar-refractivity contribution is 5.96. The summed E-state index contributed by atoms with van der Waals surface area (Å²) in [7, 11) is 3.22. The van der Waals surface area contributed by atoms with Gasteiger partial charge in [0.25, 0.3) is 5.91 Å². The molecule has 1 saturated heterocycles. The molecule has 0 unspecified atom stereocenters. The van der Waals surface area contributed by atoms with Crippen LogP contribution < -0.4 is 23.8 Å². The van der Waals surface area contributed by atoms with Crippen LogP contribution in [-0.2, 0) is 11.3 Å². The number of hydrogen-bond acceptors (Lipinski definition) is 9. The Labute approximate surface area is 255 Å². The van der Waals surface area contributed by atoms with Crippen molar-refractivity contribution in [2.45, 2.75) is 6.54 Å². The van der Waals surface area contributed by atoms with Gasteiger partial charge in [0, 0.05) is 49.9 Å². The summed E-state index contributed by atoms with van der Waals surface area (Å²) in [5, 5.41) is 8.89. The van der Waals surface area contributed by atoms with E-state index in [1.54, 1.807) is 36.2 Å². The molecule has 0 aliphatic carbocycles. The predicted molar refractivity (Wildman–Crippen MR) is 163 cm³/mol.